The van der Waals surface area contributed by atoms with Crippen molar-refractivity contribution in [3.63, 3.8) is 0 Å². The first-order valence-electron chi connectivity index (χ1n) is 9.90. The van der Waals surface area contributed by atoms with Crippen molar-refractivity contribution >= 4 is 29.3 Å². The van der Waals surface area contributed by atoms with Crippen LogP contribution in [0.2, 0.25) is 0 Å². The molecule has 9 heteroatoms. The molecule has 3 aromatic rings. The maximum Gasteiger partial charge on any atom is 0.256 e. The molecule has 1 aliphatic rings. The summed E-state index contributed by atoms with van der Waals surface area (Å²) in [6.45, 7) is 3.97. The standard InChI is InChI=1S/C22H23N5O3S/c1-14-19(22(31-2)26-20(25-14)17-4-3-11-30-17)21(29)24-12-15-5-7-16(8-6-15)27-10-9-23-18(28)13-27/h3-8,11H,9-10,12-13H2,1-2H3,(H,23,28)(H,24,29). The van der Waals surface area contributed by atoms with Crippen LogP contribution in [0.15, 0.2) is 52.1 Å². The second kappa shape index (κ2) is 9.22. The molecule has 0 bridgehead atoms. The van der Waals surface area contributed by atoms with Gasteiger partial charge in [-0.15, -0.1) is 11.8 Å². The highest BCUT2D eigenvalue weighted by Crippen LogP contribution is 2.25. The number of hydrogen-bond acceptors (Lipinski definition) is 7. The topological polar surface area (TPSA) is 100 Å². The number of anilines is 1. The van der Waals surface area contributed by atoms with Crippen LogP contribution >= 0.6 is 11.8 Å². The molecule has 4 rings (SSSR count). The van der Waals surface area contributed by atoms with Gasteiger partial charge < -0.3 is 20.0 Å². The summed E-state index contributed by atoms with van der Waals surface area (Å²) in [6, 6.07) is 11.4. The zero-order valence-electron chi connectivity index (χ0n) is 17.3. The minimum absolute atomic E-state index is 0.0304. The van der Waals surface area contributed by atoms with Crippen molar-refractivity contribution in [3.8, 4) is 11.6 Å². The molecule has 0 radical (unpaired) electrons. The van der Waals surface area contributed by atoms with Crippen molar-refractivity contribution in [1.29, 1.82) is 0 Å². The van der Waals surface area contributed by atoms with E-state index in [4.69, 9.17) is 4.42 Å². The van der Waals surface area contributed by atoms with Gasteiger partial charge in [-0.1, -0.05) is 12.1 Å². The van der Waals surface area contributed by atoms with Gasteiger partial charge in [-0.3, -0.25) is 9.59 Å². The van der Waals surface area contributed by atoms with Crippen LogP contribution in [0.25, 0.3) is 11.6 Å². The summed E-state index contributed by atoms with van der Waals surface area (Å²) in [5, 5.41) is 6.39. The van der Waals surface area contributed by atoms with E-state index in [1.54, 1.807) is 25.3 Å². The quantitative estimate of drug-likeness (QED) is 0.452. The number of carbonyl (C=O) groups is 2. The molecule has 0 saturated carbocycles. The summed E-state index contributed by atoms with van der Waals surface area (Å²) in [5.74, 6) is 0.842. The minimum atomic E-state index is -0.218. The third kappa shape index (κ3) is 4.72. The monoisotopic (exact) mass is 437 g/mol. The van der Waals surface area contributed by atoms with E-state index in [1.807, 2.05) is 35.4 Å². The number of piperazine rings is 1. The highest BCUT2D eigenvalue weighted by molar-refractivity contribution is 7.98. The molecule has 1 saturated heterocycles. The van der Waals surface area contributed by atoms with Crippen LogP contribution in [0.5, 0.6) is 0 Å². The fourth-order valence-electron chi connectivity index (χ4n) is 3.43. The molecule has 31 heavy (non-hydrogen) atoms. The lowest BCUT2D eigenvalue weighted by Gasteiger charge is -2.28. The van der Waals surface area contributed by atoms with E-state index in [-0.39, 0.29) is 11.8 Å². The smallest absolute Gasteiger partial charge is 0.256 e. The predicted molar refractivity (Wildman–Crippen MR) is 119 cm³/mol. The molecule has 2 N–H and O–H groups in total. The SMILES string of the molecule is CSc1nc(-c2ccco2)nc(C)c1C(=O)NCc1ccc(N2CCNC(=O)C2)cc1. The van der Waals surface area contributed by atoms with Crippen molar-refractivity contribution in [2.45, 2.75) is 18.5 Å². The summed E-state index contributed by atoms with van der Waals surface area (Å²) in [5.41, 5.74) is 3.03. The number of nitrogens with one attached hydrogen (secondary N) is 2. The van der Waals surface area contributed by atoms with Crippen LogP contribution < -0.4 is 15.5 Å². The summed E-state index contributed by atoms with van der Waals surface area (Å²) in [4.78, 5) is 35.4. The highest BCUT2D eigenvalue weighted by atomic mass is 32.2. The molecule has 8 nitrogen and oxygen atoms in total. The lowest BCUT2D eigenvalue weighted by atomic mass is 10.1. The van der Waals surface area contributed by atoms with E-state index >= 15 is 0 Å². The number of nitrogens with zero attached hydrogens (tertiary/aromatic N) is 3. The Kier molecular flexibility index (Phi) is 6.22. The molecule has 2 amide bonds. The summed E-state index contributed by atoms with van der Waals surface area (Å²) in [7, 11) is 0. The first-order chi connectivity index (χ1) is 15.0. The maximum atomic E-state index is 12.9. The molecule has 0 spiro atoms. The number of amides is 2. The second-order valence-corrected chi connectivity index (χ2v) is 7.91. The number of hydrogen-bond donors (Lipinski definition) is 2. The summed E-state index contributed by atoms with van der Waals surface area (Å²) < 4.78 is 5.38. The Morgan fingerprint density at radius 3 is 2.74 bits per heavy atom. The van der Waals surface area contributed by atoms with Gasteiger partial charge >= 0.3 is 0 Å². The molecule has 0 atom stereocenters. The normalized spacial score (nSPS) is 13.7. The van der Waals surface area contributed by atoms with Crippen molar-refractivity contribution in [2.75, 3.05) is 30.8 Å². The van der Waals surface area contributed by atoms with Gasteiger partial charge in [0.15, 0.2) is 11.6 Å². The van der Waals surface area contributed by atoms with E-state index in [0.717, 1.165) is 17.8 Å². The molecule has 160 valence electrons. The number of carbonyl (C=O) groups excluding carboxylic acids is 2. The molecule has 0 unspecified atom stereocenters. The Morgan fingerprint density at radius 2 is 2.06 bits per heavy atom. The molecule has 2 aromatic heterocycles. The molecular weight excluding hydrogens is 414 g/mol. The van der Waals surface area contributed by atoms with Crippen LogP contribution in [0.1, 0.15) is 21.6 Å². The summed E-state index contributed by atoms with van der Waals surface area (Å²) in [6.07, 6.45) is 3.45. The minimum Gasteiger partial charge on any atom is -0.461 e. The van der Waals surface area contributed by atoms with E-state index < -0.39 is 0 Å². The Bertz CT molecular complexity index is 1080. The largest absolute Gasteiger partial charge is 0.461 e. The average Bonchev–Trinajstić information content (AvgIpc) is 3.32. The first-order valence-corrected chi connectivity index (χ1v) is 11.1. The highest BCUT2D eigenvalue weighted by Gasteiger charge is 2.20. The molecular formula is C22H23N5O3S. The predicted octanol–water partition coefficient (Wildman–Crippen LogP) is 2.63. The molecule has 0 aliphatic carbocycles. The van der Waals surface area contributed by atoms with Crippen molar-refractivity contribution in [1.82, 2.24) is 20.6 Å². The number of aryl methyl sites for hydroxylation is 1. The van der Waals surface area contributed by atoms with Crippen LogP contribution in [0, 0.1) is 6.92 Å². The van der Waals surface area contributed by atoms with Crippen LogP contribution in [-0.2, 0) is 11.3 Å². The zero-order chi connectivity index (χ0) is 21.8. The third-order valence-electron chi connectivity index (χ3n) is 5.01. The van der Waals surface area contributed by atoms with Gasteiger partial charge in [-0.05, 0) is 43.0 Å². The number of benzene rings is 1. The van der Waals surface area contributed by atoms with E-state index in [9.17, 15) is 9.59 Å². The Labute approximate surface area is 184 Å². The molecule has 1 aliphatic heterocycles. The van der Waals surface area contributed by atoms with E-state index in [2.05, 4.69) is 20.6 Å². The number of rotatable bonds is 6. The van der Waals surface area contributed by atoms with Crippen molar-refractivity contribution < 1.29 is 14.0 Å². The molecule has 3 heterocycles. The van der Waals surface area contributed by atoms with Crippen LogP contribution in [0.3, 0.4) is 0 Å². The van der Waals surface area contributed by atoms with Crippen molar-refractivity contribution in [3.05, 3.63) is 59.5 Å². The van der Waals surface area contributed by atoms with E-state index in [0.29, 0.717) is 47.5 Å². The summed E-state index contributed by atoms with van der Waals surface area (Å²) >= 11 is 1.40. The number of aromatic nitrogens is 2. The lowest BCUT2D eigenvalue weighted by Crippen LogP contribution is -2.47. The van der Waals surface area contributed by atoms with Gasteiger partial charge in [-0.25, -0.2) is 9.97 Å². The van der Waals surface area contributed by atoms with Gasteiger partial charge in [0.2, 0.25) is 5.91 Å². The number of thioether (sulfide) groups is 1. The lowest BCUT2D eigenvalue weighted by molar-refractivity contribution is -0.120. The van der Waals surface area contributed by atoms with Gasteiger partial charge in [0.05, 0.1) is 24.1 Å². The third-order valence-corrected chi connectivity index (χ3v) is 5.69. The van der Waals surface area contributed by atoms with Crippen LogP contribution in [-0.4, -0.2) is 47.7 Å². The maximum absolute atomic E-state index is 12.9. The first kappa shape index (κ1) is 20.9. The Morgan fingerprint density at radius 1 is 1.26 bits per heavy atom. The number of furan rings is 1. The van der Waals surface area contributed by atoms with Gasteiger partial charge in [-0.2, -0.15) is 0 Å². The van der Waals surface area contributed by atoms with Crippen molar-refractivity contribution in [2.24, 2.45) is 0 Å². The average molecular weight is 438 g/mol. The Balaban J connectivity index is 1.44. The fourth-order valence-corrected chi connectivity index (χ4v) is 4.05. The van der Waals surface area contributed by atoms with E-state index in [1.165, 1.54) is 11.8 Å². The molecule has 1 aromatic carbocycles. The van der Waals surface area contributed by atoms with Gasteiger partial charge in [0.1, 0.15) is 5.03 Å². The second-order valence-electron chi connectivity index (χ2n) is 7.11. The zero-order valence-corrected chi connectivity index (χ0v) is 18.2. The van der Waals surface area contributed by atoms with Crippen LogP contribution in [0.4, 0.5) is 5.69 Å². The Hall–Kier alpha value is -3.33. The van der Waals surface area contributed by atoms with Gasteiger partial charge in [0.25, 0.3) is 5.91 Å². The molecule has 1 fully saturated rings. The van der Waals surface area contributed by atoms with Gasteiger partial charge in [0, 0.05) is 25.3 Å². The fraction of sp³-hybridized carbons (Fsp3) is 0.273.